The fourth-order valence-electron chi connectivity index (χ4n) is 2.01. The zero-order chi connectivity index (χ0) is 14.0. The Kier molecular flexibility index (Phi) is 4.81. The van der Waals surface area contributed by atoms with Gasteiger partial charge in [-0.3, -0.25) is 4.79 Å². The van der Waals surface area contributed by atoms with Crippen molar-refractivity contribution in [3.63, 3.8) is 0 Å². The van der Waals surface area contributed by atoms with E-state index in [1.807, 2.05) is 6.92 Å². The molecular formula is C13H14BrClFNO2. The molecule has 104 valence electrons. The van der Waals surface area contributed by atoms with Crippen LogP contribution in [0.15, 0.2) is 22.7 Å². The van der Waals surface area contributed by atoms with Crippen LogP contribution >= 0.6 is 27.5 Å². The lowest BCUT2D eigenvalue weighted by molar-refractivity contribution is -0.0372. The summed E-state index contributed by atoms with van der Waals surface area (Å²) >= 11 is 9.00. The fourth-order valence-corrected chi connectivity index (χ4v) is 2.72. The molecule has 2 atom stereocenters. The van der Waals surface area contributed by atoms with Crippen molar-refractivity contribution in [2.75, 3.05) is 19.0 Å². The summed E-state index contributed by atoms with van der Waals surface area (Å²) in [5.41, 5.74) is 0.448. The molecule has 2 unspecified atom stereocenters. The molecule has 2 rings (SSSR count). The van der Waals surface area contributed by atoms with Gasteiger partial charge in [0, 0.05) is 11.0 Å². The number of rotatable bonds is 2. The maximum Gasteiger partial charge on any atom is 0.255 e. The minimum Gasteiger partial charge on any atom is -0.373 e. The molecule has 0 aliphatic carbocycles. The number of halogens is 3. The summed E-state index contributed by atoms with van der Waals surface area (Å²) in [5, 5.41) is 0. The largest absolute Gasteiger partial charge is 0.373 e. The van der Waals surface area contributed by atoms with Crippen LogP contribution in [-0.2, 0) is 4.74 Å². The molecule has 0 N–H and O–H groups in total. The average molecular weight is 351 g/mol. The smallest absolute Gasteiger partial charge is 0.255 e. The molecule has 1 aromatic rings. The topological polar surface area (TPSA) is 29.5 Å². The predicted molar refractivity (Wildman–Crippen MR) is 75.1 cm³/mol. The maximum absolute atomic E-state index is 13.1. The van der Waals surface area contributed by atoms with Crippen LogP contribution in [0.4, 0.5) is 4.39 Å². The number of ether oxygens (including phenoxy) is 1. The highest BCUT2D eigenvalue weighted by atomic mass is 79.9. The molecule has 1 aliphatic heterocycles. The van der Waals surface area contributed by atoms with Crippen molar-refractivity contribution in [3.8, 4) is 0 Å². The van der Waals surface area contributed by atoms with E-state index in [-0.39, 0.29) is 23.9 Å². The van der Waals surface area contributed by atoms with Crippen LogP contribution in [-0.4, -0.2) is 42.0 Å². The van der Waals surface area contributed by atoms with Gasteiger partial charge in [-0.25, -0.2) is 4.39 Å². The number of amides is 1. The normalized spacial score (nSPS) is 23.5. The highest BCUT2D eigenvalue weighted by Gasteiger charge is 2.30. The third-order valence-corrected chi connectivity index (χ3v) is 4.10. The molecule has 1 heterocycles. The van der Waals surface area contributed by atoms with E-state index in [0.29, 0.717) is 29.1 Å². The lowest BCUT2D eigenvalue weighted by Crippen LogP contribution is -2.51. The number of hydrogen-bond donors (Lipinski definition) is 0. The summed E-state index contributed by atoms with van der Waals surface area (Å²) in [6, 6.07) is 4.03. The average Bonchev–Trinajstić information content (AvgIpc) is 2.38. The summed E-state index contributed by atoms with van der Waals surface area (Å²) in [6.45, 7) is 2.83. The monoisotopic (exact) mass is 349 g/mol. The second-order valence-electron chi connectivity index (χ2n) is 4.54. The molecule has 1 saturated heterocycles. The van der Waals surface area contributed by atoms with Gasteiger partial charge in [0.25, 0.3) is 5.91 Å². The van der Waals surface area contributed by atoms with E-state index in [9.17, 15) is 9.18 Å². The maximum atomic E-state index is 13.1. The summed E-state index contributed by atoms with van der Waals surface area (Å²) in [5.74, 6) is -0.170. The van der Waals surface area contributed by atoms with Gasteiger partial charge in [-0.2, -0.15) is 0 Å². The molecule has 1 amide bonds. The Hall–Kier alpha value is -0.650. The Bertz CT molecular complexity index is 486. The Morgan fingerprint density at radius 2 is 2.37 bits per heavy atom. The zero-order valence-corrected chi connectivity index (χ0v) is 12.7. The number of nitrogens with zero attached hydrogens (tertiary/aromatic N) is 1. The SMILES string of the molecule is CC1COC(CCl)CN1C(=O)c1ccc(F)cc1Br. The quantitative estimate of drug-likeness (QED) is 0.767. The minimum absolute atomic E-state index is 0.0241. The molecule has 0 bridgehead atoms. The summed E-state index contributed by atoms with van der Waals surface area (Å²) in [6.07, 6.45) is -0.152. The van der Waals surface area contributed by atoms with Gasteiger partial charge in [-0.15, -0.1) is 11.6 Å². The Morgan fingerprint density at radius 1 is 1.63 bits per heavy atom. The third kappa shape index (κ3) is 3.27. The van der Waals surface area contributed by atoms with Crippen molar-refractivity contribution >= 4 is 33.4 Å². The van der Waals surface area contributed by atoms with Crippen LogP contribution < -0.4 is 0 Å². The third-order valence-electron chi connectivity index (χ3n) is 3.10. The Morgan fingerprint density at radius 3 is 3.00 bits per heavy atom. The highest BCUT2D eigenvalue weighted by Crippen LogP contribution is 2.22. The van der Waals surface area contributed by atoms with E-state index < -0.39 is 0 Å². The minimum atomic E-state index is -0.378. The van der Waals surface area contributed by atoms with Crippen molar-refractivity contribution in [2.45, 2.75) is 19.1 Å². The first-order chi connectivity index (χ1) is 9.02. The summed E-state index contributed by atoms with van der Waals surface area (Å²) < 4.78 is 19.0. The standard InChI is InChI=1S/C13H14BrClFNO2/c1-8-7-19-10(5-15)6-17(8)13(18)11-3-2-9(16)4-12(11)14/h2-4,8,10H,5-7H2,1H3. The van der Waals surface area contributed by atoms with E-state index in [0.717, 1.165) is 0 Å². The van der Waals surface area contributed by atoms with E-state index >= 15 is 0 Å². The van der Waals surface area contributed by atoms with Crippen LogP contribution in [0.2, 0.25) is 0 Å². The first-order valence-corrected chi connectivity index (χ1v) is 7.29. The van der Waals surface area contributed by atoms with Crippen molar-refractivity contribution in [3.05, 3.63) is 34.1 Å². The van der Waals surface area contributed by atoms with Crippen molar-refractivity contribution in [1.29, 1.82) is 0 Å². The van der Waals surface area contributed by atoms with Gasteiger partial charge in [0.15, 0.2) is 0 Å². The first kappa shape index (κ1) is 14.8. The van der Waals surface area contributed by atoms with Gasteiger partial charge in [0.1, 0.15) is 5.82 Å². The van der Waals surface area contributed by atoms with Crippen molar-refractivity contribution < 1.29 is 13.9 Å². The van der Waals surface area contributed by atoms with Crippen molar-refractivity contribution in [1.82, 2.24) is 4.90 Å². The molecule has 6 heteroatoms. The van der Waals surface area contributed by atoms with Crippen LogP contribution in [0, 0.1) is 5.82 Å². The molecule has 0 saturated carbocycles. The number of carbonyl (C=O) groups is 1. The van der Waals surface area contributed by atoms with Crippen LogP contribution in [0.5, 0.6) is 0 Å². The van der Waals surface area contributed by atoms with Crippen LogP contribution in [0.3, 0.4) is 0 Å². The van der Waals surface area contributed by atoms with E-state index in [1.165, 1.54) is 18.2 Å². The highest BCUT2D eigenvalue weighted by molar-refractivity contribution is 9.10. The fraction of sp³-hybridized carbons (Fsp3) is 0.462. The van der Waals surface area contributed by atoms with Crippen molar-refractivity contribution in [2.24, 2.45) is 0 Å². The van der Waals surface area contributed by atoms with Gasteiger partial charge in [-0.05, 0) is 41.1 Å². The second-order valence-corrected chi connectivity index (χ2v) is 5.70. The van der Waals surface area contributed by atoms with Gasteiger partial charge in [-0.1, -0.05) is 0 Å². The number of morpholine rings is 1. The lowest BCUT2D eigenvalue weighted by atomic mass is 10.1. The predicted octanol–water partition coefficient (Wildman–Crippen LogP) is 3.06. The number of hydrogen-bond acceptors (Lipinski definition) is 2. The molecule has 3 nitrogen and oxygen atoms in total. The number of alkyl halides is 1. The van der Waals surface area contributed by atoms with Gasteiger partial charge < -0.3 is 9.64 Å². The summed E-state index contributed by atoms with van der Waals surface area (Å²) in [4.78, 5) is 14.2. The molecule has 1 fully saturated rings. The summed E-state index contributed by atoms with van der Waals surface area (Å²) in [7, 11) is 0. The van der Waals surface area contributed by atoms with E-state index in [2.05, 4.69) is 15.9 Å². The first-order valence-electron chi connectivity index (χ1n) is 5.96. The van der Waals surface area contributed by atoms with Crippen LogP contribution in [0.1, 0.15) is 17.3 Å². The molecule has 19 heavy (non-hydrogen) atoms. The molecule has 1 aliphatic rings. The molecule has 0 aromatic heterocycles. The molecule has 0 spiro atoms. The molecular weight excluding hydrogens is 337 g/mol. The zero-order valence-electron chi connectivity index (χ0n) is 10.4. The van der Waals surface area contributed by atoms with Crippen LogP contribution in [0.25, 0.3) is 0 Å². The number of carbonyl (C=O) groups excluding carboxylic acids is 1. The van der Waals surface area contributed by atoms with E-state index in [4.69, 9.17) is 16.3 Å². The molecule has 1 aromatic carbocycles. The van der Waals surface area contributed by atoms with Gasteiger partial charge in [0.05, 0.1) is 30.2 Å². The van der Waals surface area contributed by atoms with Gasteiger partial charge >= 0.3 is 0 Å². The molecule has 0 radical (unpaired) electrons. The van der Waals surface area contributed by atoms with E-state index in [1.54, 1.807) is 4.90 Å². The Balaban J connectivity index is 2.22. The second kappa shape index (κ2) is 6.20. The van der Waals surface area contributed by atoms with Gasteiger partial charge in [0.2, 0.25) is 0 Å². The Labute approximate surface area is 124 Å². The lowest BCUT2D eigenvalue weighted by Gasteiger charge is -2.37. The number of benzene rings is 1.